The predicted octanol–water partition coefficient (Wildman–Crippen LogP) is 0.220. The highest BCUT2D eigenvalue weighted by Gasteiger charge is 2.15. The van der Waals surface area contributed by atoms with Crippen molar-refractivity contribution in [2.24, 2.45) is 0 Å². The van der Waals surface area contributed by atoms with Gasteiger partial charge in [-0.3, -0.25) is 4.79 Å². The van der Waals surface area contributed by atoms with Crippen LogP contribution >= 0.6 is 11.8 Å². The summed E-state index contributed by atoms with van der Waals surface area (Å²) in [5.41, 5.74) is 0. The summed E-state index contributed by atoms with van der Waals surface area (Å²) < 4.78 is 0. The summed E-state index contributed by atoms with van der Waals surface area (Å²) in [6, 6.07) is -0.147. The fraction of sp³-hybridized carbons (Fsp3) is 0.750. The molecule has 0 aromatic carbocycles. The highest BCUT2D eigenvalue weighted by molar-refractivity contribution is 7.99. The standard InChI is InChI=1S/C8H14N2O3S/c11-7(12)1-2-9-8(13)10-3-5-14-6-4-10/h1-6H2,(H,9,13)(H,11,12). The number of rotatable bonds is 3. The third-order valence-electron chi connectivity index (χ3n) is 1.91. The van der Waals surface area contributed by atoms with Gasteiger partial charge in [0.25, 0.3) is 0 Å². The molecule has 1 rings (SSSR count). The van der Waals surface area contributed by atoms with Gasteiger partial charge in [-0.2, -0.15) is 11.8 Å². The highest BCUT2D eigenvalue weighted by Crippen LogP contribution is 2.08. The highest BCUT2D eigenvalue weighted by atomic mass is 32.2. The molecule has 2 N–H and O–H groups in total. The lowest BCUT2D eigenvalue weighted by atomic mass is 10.4. The normalized spacial score (nSPS) is 16.4. The van der Waals surface area contributed by atoms with Crippen molar-refractivity contribution in [3.05, 3.63) is 0 Å². The maximum absolute atomic E-state index is 11.4. The van der Waals surface area contributed by atoms with Gasteiger partial charge in [0, 0.05) is 31.1 Å². The zero-order valence-corrected chi connectivity index (χ0v) is 8.68. The Hall–Kier alpha value is -0.910. The van der Waals surface area contributed by atoms with Gasteiger partial charge in [-0.25, -0.2) is 4.79 Å². The first kappa shape index (κ1) is 11.2. The zero-order chi connectivity index (χ0) is 10.4. The van der Waals surface area contributed by atoms with Gasteiger partial charge in [-0.1, -0.05) is 0 Å². The Kier molecular flexibility index (Phi) is 4.58. The third-order valence-corrected chi connectivity index (χ3v) is 2.86. The third kappa shape index (κ3) is 3.87. The van der Waals surface area contributed by atoms with Crippen molar-refractivity contribution in [2.75, 3.05) is 31.1 Å². The van der Waals surface area contributed by atoms with Crippen LogP contribution in [-0.2, 0) is 4.79 Å². The second-order valence-electron chi connectivity index (χ2n) is 2.98. The topological polar surface area (TPSA) is 69.6 Å². The molecule has 14 heavy (non-hydrogen) atoms. The molecule has 0 spiro atoms. The summed E-state index contributed by atoms with van der Waals surface area (Å²) in [4.78, 5) is 23.3. The van der Waals surface area contributed by atoms with Crippen LogP contribution in [0, 0.1) is 0 Å². The van der Waals surface area contributed by atoms with E-state index in [4.69, 9.17) is 5.11 Å². The predicted molar refractivity (Wildman–Crippen MR) is 54.5 cm³/mol. The van der Waals surface area contributed by atoms with E-state index >= 15 is 0 Å². The van der Waals surface area contributed by atoms with Crippen LogP contribution < -0.4 is 5.32 Å². The number of hydrogen-bond donors (Lipinski definition) is 2. The largest absolute Gasteiger partial charge is 0.481 e. The number of thioether (sulfide) groups is 1. The Morgan fingerprint density at radius 3 is 2.57 bits per heavy atom. The van der Waals surface area contributed by atoms with Crippen LogP contribution in [0.4, 0.5) is 4.79 Å². The van der Waals surface area contributed by atoms with Crippen molar-refractivity contribution in [1.29, 1.82) is 0 Å². The minimum absolute atomic E-state index is 0.0195. The van der Waals surface area contributed by atoms with Gasteiger partial charge in [-0.15, -0.1) is 0 Å². The lowest BCUT2D eigenvalue weighted by molar-refractivity contribution is -0.136. The van der Waals surface area contributed by atoms with Crippen LogP contribution in [0.1, 0.15) is 6.42 Å². The van der Waals surface area contributed by atoms with Crippen LogP contribution in [0.25, 0.3) is 0 Å². The van der Waals surface area contributed by atoms with Gasteiger partial charge in [-0.05, 0) is 0 Å². The Morgan fingerprint density at radius 2 is 2.00 bits per heavy atom. The zero-order valence-electron chi connectivity index (χ0n) is 7.86. The number of carboxylic acid groups (broad SMARTS) is 1. The van der Waals surface area contributed by atoms with Crippen LogP contribution in [-0.4, -0.2) is 53.1 Å². The molecule has 1 fully saturated rings. The molecule has 1 aliphatic rings. The maximum Gasteiger partial charge on any atom is 0.317 e. The fourth-order valence-corrected chi connectivity index (χ4v) is 2.06. The molecule has 80 valence electrons. The van der Waals surface area contributed by atoms with Crippen LogP contribution in [0.15, 0.2) is 0 Å². The van der Waals surface area contributed by atoms with Crippen molar-refractivity contribution < 1.29 is 14.7 Å². The van der Waals surface area contributed by atoms with Gasteiger partial charge in [0.05, 0.1) is 6.42 Å². The first-order valence-electron chi connectivity index (χ1n) is 4.52. The number of aliphatic carboxylic acids is 1. The fourth-order valence-electron chi connectivity index (χ4n) is 1.15. The number of hydrogen-bond acceptors (Lipinski definition) is 3. The molecule has 0 bridgehead atoms. The molecule has 1 aliphatic heterocycles. The summed E-state index contributed by atoms with van der Waals surface area (Å²) in [7, 11) is 0. The molecule has 0 unspecified atom stereocenters. The van der Waals surface area contributed by atoms with E-state index in [9.17, 15) is 9.59 Å². The molecule has 0 radical (unpaired) electrons. The van der Waals surface area contributed by atoms with E-state index in [0.29, 0.717) is 0 Å². The number of nitrogens with one attached hydrogen (secondary N) is 1. The lowest BCUT2D eigenvalue weighted by Gasteiger charge is -2.26. The van der Waals surface area contributed by atoms with Crippen LogP contribution in [0.3, 0.4) is 0 Å². The monoisotopic (exact) mass is 218 g/mol. The second-order valence-corrected chi connectivity index (χ2v) is 4.20. The molecule has 5 nitrogen and oxygen atoms in total. The summed E-state index contributed by atoms with van der Waals surface area (Å²) in [6.07, 6.45) is -0.0195. The number of amides is 2. The molecule has 6 heteroatoms. The molecule has 0 aliphatic carbocycles. The maximum atomic E-state index is 11.4. The Balaban J connectivity index is 2.16. The van der Waals surface area contributed by atoms with E-state index in [0.717, 1.165) is 24.6 Å². The number of carbonyl (C=O) groups excluding carboxylic acids is 1. The number of nitrogens with zero attached hydrogens (tertiary/aromatic N) is 1. The molecule has 0 aromatic rings. The number of urea groups is 1. The van der Waals surface area contributed by atoms with E-state index in [2.05, 4.69) is 5.32 Å². The molecule has 0 atom stereocenters. The van der Waals surface area contributed by atoms with Crippen molar-refractivity contribution in [3.63, 3.8) is 0 Å². The SMILES string of the molecule is O=C(O)CCNC(=O)N1CCSCC1. The molecular weight excluding hydrogens is 204 g/mol. The van der Waals surface area contributed by atoms with Gasteiger partial charge < -0.3 is 15.3 Å². The molecular formula is C8H14N2O3S. The van der Waals surface area contributed by atoms with E-state index in [1.807, 2.05) is 11.8 Å². The van der Waals surface area contributed by atoms with E-state index in [1.165, 1.54) is 0 Å². The Bertz CT molecular complexity index is 217. The van der Waals surface area contributed by atoms with Crippen molar-refractivity contribution in [2.45, 2.75) is 6.42 Å². The summed E-state index contributed by atoms with van der Waals surface area (Å²) >= 11 is 1.83. The average molecular weight is 218 g/mol. The Morgan fingerprint density at radius 1 is 1.36 bits per heavy atom. The first-order valence-corrected chi connectivity index (χ1v) is 5.68. The lowest BCUT2D eigenvalue weighted by Crippen LogP contribution is -2.44. The van der Waals surface area contributed by atoms with E-state index in [1.54, 1.807) is 4.90 Å². The quantitative estimate of drug-likeness (QED) is 0.711. The van der Waals surface area contributed by atoms with E-state index in [-0.39, 0.29) is 19.0 Å². The number of carboxylic acids is 1. The molecule has 1 saturated heterocycles. The van der Waals surface area contributed by atoms with Crippen molar-refractivity contribution in [1.82, 2.24) is 10.2 Å². The van der Waals surface area contributed by atoms with Crippen LogP contribution in [0.2, 0.25) is 0 Å². The summed E-state index contributed by atoms with van der Waals surface area (Å²) in [5, 5.41) is 10.9. The number of carbonyl (C=O) groups is 2. The van der Waals surface area contributed by atoms with Gasteiger partial charge >= 0.3 is 12.0 Å². The summed E-state index contributed by atoms with van der Waals surface area (Å²) in [6.45, 7) is 1.71. The second kappa shape index (κ2) is 5.74. The smallest absolute Gasteiger partial charge is 0.317 e. The van der Waals surface area contributed by atoms with Gasteiger partial charge in [0.15, 0.2) is 0 Å². The average Bonchev–Trinajstić information content (AvgIpc) is 2.18. The minimum Gasteiger partial charge on any atom is -0.481 e. The van der Waals surface area contributed by atoms with Gasteiger partial charge in [0.2, 0.25) is 0 Å². The van der Waals surface area contributed by atoms with Crippen molar-refractivity contribution >= 4 is 23.8 Å². The van der Waals surface area contributed by atoms with Crippen molar-refractivity contribution in [3.8, 4) is 0 Å². The molecule has 0 saturated carbocycles. The summed E-state index contributed by atoms with van der Waals surface area (Å²) in [5.74, 6) is 1.04. The Labute approximate surface area is 86.8 Å². The first-order chi connectivity index (χ1) is 6.70. The van der Waals surface area contributed by atoms with Gasteiger partial charge in [0.1, 0.15) is 0 Å². The molecule has 0 aromatic heterocycles. The van der Waals surface area contributed by atoms with E-state index < -0.39 is 5.97 Å². The molecule has 1 heterocycles. The van der Waals surface area contributed by atoms with Crippen LogP contribution in [0.5, 0.6) is 0 Å². The minimum atomic E-state index is -0.889. The molecule has 2 amide bonds.